The minimum absolute atomic E-state index is 0.0656. The van der Waals surface area contributed by atoms with Gasteiger partial charge in [-0.05, 0) is 36.2 Å². The molecule has 0 N–H and O–H groups in total. The van der Waals surface area contributed by atoms with E-state index >= 15 is 0 Å². The van der Waals surface area contributed by atoms with E-state index < -0.39 is 11.6 Å². The van der Waals surface area contributed by atoms with Gasteiger partial charge in [-0.2, -0.15) is 0 Å². The largest absolute Gasteiger partial charge is 0.206 e. The highest BCUT2D eigenvalue weighted by Gasteiger charge is 2.13. The predicted octanol–water partition coefficient (Wildman–Crippen LogP) is 4.47. The quantitative estimate of drug-likeness (QED) is 0.687. The number of hydrogen-bond acceptors (Lipinski definition) is 0. The Labute approximate surface area is 97.5 Å². The Balaban J connectivity index is 2.63. The lowest BCUT2D eigenvalue weighted by atomic mass is 10.0. The molecule has 0 aliphatic carbocycles. The van der Waals surface area contributed by atoms with Gasteiger partial charge in [0.2, 0.25) is 0 Å². The molecule has 2 aromatic rings. The van der Waals surface area contributed by atoms with Crippen molar-refractivity contribution >= 4 is 11.6 Å². The standard InChI is InChI=1S/C13H8ClF2/c1-8-2-7-11(15)12(13(8)16)9-3-5-10(14)6-4-9/h2-7H,1H2. The molecule has 0 amide bonds. The maximum Gasteiger partial charge on any atom is 0.137 e. The zero-order valence-electron chi connectivity index (χ0n) is 8.31. The van der Waals surface area contributed by atoms with Gasteiger partial charge in [0.05, 0.1) is 5.56 Å². The number of rotatable bonds is 1. The Morgan fingerprint density at radius 1 is 0.938 bits per heavy atom. The monoisotopic (exact) mass is 237 g/mol. The highest BCUT2D eigenvalue weighted by molar-refractivity contribution is 6.30. The van der Waals surface area contributed by atoms with Crippen molar-refractivity contribution in [2.75, 3.05) is 0 Å². The Hall–Kier alpha value is -1.41. The van der Waals surface area contributed by atoms with Crippen LogP contribution < -0.4 is 0 Å². The fraction of sp³-hybridized carbons (Fsp3) is 0. The topological polar surface area (TPSA) is 0 Å². The molecule has 0 heterocycles. The van der Waals surface area contributed by atoms with E-state index in [1.54, 1.807) is 24.3 Å². The van der Waals surface area contributed by atoms with Crippen LogP contribution in [0.2, 0.25) is 5.02 Å². The fourth-order valence-electron chi connectivity index (χ4n) is 1.48. The Bertz CT molecular complexity index is 518. The lowest BCUT2D eigenvalue weighted by Crippen LogP contribution is -1.92. The summed E-state index contributed by atoms with van der Waals surface area (Å²) in [6.45, 7) is 3.50. The van der Waals surface area contributed by atoms with Crippen molar-refractivity contribution in [3.63, 3.8) is 0 Å². The third kappa shape index (κ3) is 1.93. The van der Waals surface area contributed by atoms with Crippen LogP contribution in [0.25, 0.3) is 11.1 Å². The first-order valence-corrected chi connectivity index (χ1v) is 5.03. The molecule has 0 aromatic heterocycles. The molecule has 0 atom stereocenters. The molecule has 0 saturated carbocycles. The molecule has 2 aromatic carbocycles. The van der Waals surface area contributed by atoms with Gasteiger partial charge < -0.3 is 0 Å². The second-order valence-corrected chi connectivity index (χ2v) is 3.84. The average Bonchev–Trinajstić information content (AvgIpc) is 2.27. The first-order chi connectivity index (χ1) is 7.59. The molecule has 0 spiro atoms. The van der Waals surface area contributed by atoms with E-state index in [0.29, 0.717) is 10.6 Å². The Kier molecular flexibility index (Phi) is 2.92. The van der Waals surface area contributed by atoms with Gasteiger partial charge in [-0.1, -0.05) is 29.8 Å². The van der Waals surface area contributed by atoms with Crippen molar-refractivity contribution < 1.29 is 8.78 Å². The second-order valence-electron chi connectivity index (χ2n) is 3.40. The van der Waals surface area contributed by atoms with E-state index in [0.717, 1.165) is 0 Å². The minimum Gasteiger partial charge on any atom is -0.206 e. The van der Waals surface area contributed by atoms with Crippen LogP contribution in [0.4, 0.5) is 8.78 Å². The van der Waals surface area contributed by atoms with Crippen molar-refractivity contribution in [3.8, 4) is 11.1 Å². The van der Waals surface area contributed by atoms with Gasteiger partial charge >= 0.3 is 0 Å². The number of halogens is 3. The molecule has 0 unspecified atom stereocenters. The third-order valence-electron chi connectivity index (χ3n) is 2.30. The normalized spacial score (nSPS) is 10.5. The summed E-state index contributed by atoms with van der Waals surface area (Å²) in [6, 6.07) is 8.84. The summed E-state index contributed by atoms with van der Waals surface area (Å²) in [5, 5.41) is 0.523. The van der Waals surface area contributed by atoms with Crippen molar-refractivity contribution in [1.29, 1.82) is 0 Å². The molecular formula is C13H8ClF2. The summed E-state index contributed by atoms with van der Waals surface area (Å²) in [4.78, 5) is 0. The molecule has 0 aliphatic rings. The smallest absolute Gasteiger partial charge is 0.137 e. The summed E-state index contributed by atoms with van der Waals surface area (Å²) in [5.41, 5.74) is 0.556. The van der Waals surface area contributed by atoms with E-state index in [1.807, 2.05) is 0 Å². The molecule has 0 nitrogen and oxygen atoms in total. The van der Waals surface area contributed by atoms with Crippen LogP contribution in [-0.4, -0.2) is 0 Å². The zero-order valence-corrected chi connectivity index (χ0v) is 9.06. The molecule has 0 fully saturated rings. The van der Waals surface area contributed by atoms with Crippen LogP contribution in [0, 0.1) is 18.6 Å². The third-order valence-corrected chi connectivity index (χ3v) is 2.56. The second kappa shape index (κ2) is 4.22. The van der Waals surface area contributed by atoms with Gasteiger partial charge in [0, 0.05) is 5.02 Å². The van der Waals surface area contributed by atoms with E-state index in [1.165, 1.54) is 12.1 Å². The molecule has 0 aliphatic heterocycles. The first kappa shape index (κ1) is 11.1. The molecular weight excluding hydrogens is 230 g/mol. The molecule has 1 radical (unpaired) electrons. The van der Waals surface area contributed by atoms with Gasteiger partial charge in [0.25, 0.3) is 0 Å². The highest BCUT2D eigenvalue weighted by Crippen LogP contribution is 2.28. The predicted molar refractivity (Wildman–Crippen MR) is 61.3 cm³/mol. The SMILES string of the molecule is [CH2]c1ccc(F)c(-c2ccc(Cl)cc2)c1F. The van der Waals surface area contributed by atoms with Crippen LogP contribution in [0.5, 0.6) is 0 Å². The summed E-state index contributed by atoms with van der Waals surface area (Å²) >= 11 is 5.71. The van der Waals surface area contributed by atoms with Crippen molar-refractivity contribution in [2.45, 2.75) is 0 Å². The molecule has 16 heavy (non-hydrogen) atoms. The average molecular weight is 238 g/mol. The van der Waals surface area contributed by atoms with Crippen molar-refractivity contribution in [3.05, 3.63) is 65.5 Å². The number of hydrogen-bond donors (Lipinski definition) is 0. The van der Waals surface area contributed by atoms with Gasteiger partial charge in [-0.15, -0.1) is 0 Å². The Morgan fingerprint density at radius 3 is 2.19 bits per heavy atom. The Morgan fingerprint density at radius 2 is 1.56 bits per heavy atom. The van der Waals surface area contributed by atoms with E-state index in [9.17, 15) is 8.78 Å². The van der Waals surface area contributed by atoms with Crippen LogP contribution in [-0.2, 0) is 0 Å². The van der Waals surface area contributed by atoms with Crippen LogP contribution >= 0.6 is 11.6 Å². The zero-order chi connectivity index (χ0) is 11.7. The fourth-order valence-corrected chi connectivity index (χ4v) is 1.60. The number of benzene rings is 2. The van der Waals surface area contributed by atoms with Crippen molar-refractivity contribution in [1.82, 2.24) is 0 Å². The molecule has 2 rings (SSSR count). The van der Waals surface area contributed by atoms with Gasteiger partial charge in [-0.3, -0.25) is 0 Å². The van der Waals surface area contributed by atoms with Crippen molar-refractivity contribution in [2.24, 2.45) is 0 Å². The lowest BCUT2D eigenvalue weighted by Gasteiger charge is -2.07. The van der Waals surface area contributed by atoms with Crippen LogP contribution in [0.1, 0.15) is 5.56 Å². The minimum atomic E-state index is -0.637. The maximum atomic E-state index is 13.7. The van der Waals surface area contributed by atoms with Gasteiger partial charge in [-0.25, -0.2) is 8.78 Å². The molecule has 0 bridgehead atoms. The molecule has 81 valence electrons. The van der Waals surface area contributed by atoms with Gasteiger partial charge in [0.1, 0.15) is 11.6 Å². The summed E-state index contributed by atoms with van der Waals surface area (Å²) in [7, 11) is 0. The van der Waals surface area contributed by atoms with E-state index in [4.69, 9.17) is 11.6 Å². The van der Waals surface area contributed by atoms with E-state index in [2.05, 4.69) is 6.92 Å². The summed E-state index contributed by atoms with van der Waals surface area (Å²) in [5.74, 6) is -1.24. The van der Waals surface area contributed by atoms with Crippen LogP contribution in [0.15, 0.2) is 36.4 Å². The maximum absolute atomic E-state index is 13.7. The summed E-state index contributed by atoms with van der Waals surface area (Å²) < 4.78 is 27.2. The summed E-state index contributed by atoms with van der Waals surface area (Å²) in [6.07, 6.45) is 0. The first-order valence-electron chi connectivity index (χ1n) is 4.65. The van der Waals surface area contributed by atoms with E-state index in [-0.39, 0.29) is 11.1 Å². The lowest BCUT2D eigenvalue weighted by molar-refractivity contribution is 0.586. The van der Waals surface area contributed by atoms with Gasteiger partial charge in [0.15, 0.2) is 0 Å². The van der Waals surface area contributed by atoms with Crippen LogP contribution in [0.3, 0.4) is 0 Å². The highest BCUT2D eigenvalue weighted by atomic mass is 35.5. The molecule has 0 saturated heterocycles. The molecule has 3 heteroatoms.